The van der Waals surface area contributed by atoms with Crippen LogP contribution in [0, 0.1) is 18.2 Å². The summed E-state index contributed by atoms with van der Waals surface area (Å²) in [6.07, 6.45) is 7.78. The van der Waals surface area contributed by atoms with E-state index in [2.05, 4.69) is 51.4 Å². The van der Waals surface area contributed by atoms with Crippen molar-refractivity contribution >= 4 is 33.8 Å². The highest BCUT2D eigenvalue weighted by Crippen LogP contribution is 2.56. The number of rotatable bonds is 4. The van der Waals surface area contributed by atoms with Gasteiger partial charge in [0.1, 0.15) is 17.3 Å². The van der Waals surface area contributed by atoms with Gasteiger partial charge in [-0.2, -0.15) is 0 Å². The molecular weight excluding hydrogens is 497 g/mol. The highest BCUT2D eigenvalue weighted by molar-refractivity contribution is 6.33. The Bertz CT molecular complexity index is 1510. The third kappa shape index (κ3) is 4.41. The first-order valence-corrected chi connectivity index (χ1v) is 14.2. The molecule has 2 fully saturated rings. The van der Waals surface area contributed by atoms with Gasteiger partial charge in [-0.3, -0.25) is 4.98 Å². The molecule has 2 aromatic carbocycles. The predicted molar refractivity (Wildman–Crippen MR) is 153 cm³/mol. The van der Waals surface area contributed by atoms with Crippen molar-refractivity contribution in [1.82, 2.24) is 10.1 Å². The summed E-state index contributed by atoms with van der Waals surface area (Å²) in [5.74, 6) is 0.934. The molecule has 1 saturated heterocycles. The molecule has 1 spiro atoms. The summed E-state index contributed by atoms with van der Waals surface area (Å²) in [5.41, 5.74) is 6.66. The second kappa shape index (κ2) is 9.85. The van der Waals surface area contributed by atoms with Gasteiger partial charge in [-0.15, -0.1) is 0 Å². The normalized spacial score (nSPS) is 18.1. The second-order valence-corrected chi connectivity index (χ2v) is 11.1. The van der Waals surface area contributed by atoms with E-state index in [4.69, 9.17) is 16.1 Å². The van der Waals surface area contributed by atoms with Crippen molar-refractivity contribution in [3.63, 3.8) is 0 Å². The molecule has 0 amide bonds. The van der Waals surface area contributed by atoms with Gasteiger partial charge in [-0.25, -0.2) is 4.39 Å². The highest BCUT2D eigenvalue weighted by Gasteiger charge is 2.44. The minimum Gasteiger partial charge on any atom is -0.371 e. The Morgan fingerprint density at radius 2 is 1.79 bits per heavy atom. The third-order valence-corrected chi connectivity index (χ3v) is 8.46. The number of aryl methyl sites for hydroxylation is 1. The number of benzene rings is 2. The zero-order valence-electron chi connectivity index (χ0n) is 22.2. The number of nitrogens with zero attached hydrogens (tertiary/aromatic N) is 3. The molecule has 0 unspecified atom stereocenters. The van der Waals surface area contributed by atoms with Crippen molar-refractivity contribution in [2.24, 2.45) is 5.41 Å². The van der Waals surface area contributed by atoms with E-state index in [-0.39, 0.29) is 11.2 Å². The van der Waals surface area contributed by atoms with E-state index in [0.29, 0.717) is 22.2 Å². The molecule has 3 heterocycles. The van der Waals surface area contributed by atoms with Gasteiger partial charge in [-0.05, 0) is 86.4 Å². The topological polar surface area (TPSA) is 42.2 Å². The Labute approximate surface area is 228 Å². The fraction of sp³-hybridized carbons (Fsp3) is 0.375. The summed E-state index contributed by atoms with van der Waals surface area (Å²) in [7, 11) is 0. The average Bonchev–Trinajstić information content (AvgIpc) is 3.68. The number of aromatic nitrogens is 2. The Kier molecular flexibility index (Phi) is 6.51. The molecule has 1 aliphatic heterocycles. The van der Waals surface area contributed by atoms with Gasteiger partial charge in [0.25, 0.3) is 0 Å². The van der Waals surface area contributed by atoms with Gasteiger partial charge in [0.15, 0.2) is 0 Å². The Hall–Kier alpha value is -3.18. The van der Waals surface area contributed by atoms with E-state index in [1.165, 1.54) is 22.7 Å². The summed E-state index contributed by atoms with van der Waals surface area (Å²) in [5, 5.41) is 5.89. The van der Waals surface area contributed by atoms with Crippen molar-refractivity contribution in [3.8, 4) is 11.3 Å². The first-order chi connectivity index (χ1) is 18.5. The third-order valence-electron chi connectivity index (χ3n) is 8.15. The van der Waals surface area contributed by atoms with Crippen LogP contribution in [-0.2, 0) is 0 Å². The number of piperidine rings is 1. The molecule has 3 aliphatic rings. The molecule has 1 saturated carbocycles. The number of anilines is 1. The standard InChI is InChI=1S/C30H27ClFN3O.C2H6/c1-18-5-6-20-15-22(9-10-25(20)33-18)35-13-11-30(12-14-35)16-21(17-30)26-28(34-36-29(26)19-7-8-19)27-23(31)3-2-4-24(27)32;1-2/h2-6,9-10,15-16,19H,7-8,11-14,17H2,1H3;1-2H3. The van der Waals surface area contributed by atoms with Crippen LogP contribution in [0.2, 0.25) is 5.02 Å². The lowest BCUT2D eigenvalue weighted by atomic mass is 9.63. The molecule has 2 aliphatic carbocycles. The minimum absolute atomic E-state index is 0.190. The quantitative estimate of drug-likeness (QED) is 0.264. The predicted octanol–water partition coefficient (Wildman–Crippen LogP) is 8.97. The van der Waals surface area contributed by atoms with E-state index in [1.807, 2.05) is 20.8 Å². The lowest BCUT2D eigenvalue weighted by Gasteiger charge is -2.47. The van der Waals surface area contributed by atoms with Crippen LogP contribution in [0.3, 0.4) is 0 Å². The average molecular weight is 530 g/mol. The summed E-state index contributed by atoms with van der Waals surface area (Å²) in [6, 6.07) is 15.6. The molecule has 0 atom stereocenters. The molecule has 7 rings (SSSR count). The first kappa shape index (κ1) is 25.1. The zero-order chi connectivity index (χ0) is 26.4. The van der Waals surface area contributed by atoms with Crippen LogP contribution < -0.4 is 4.90 Å². The summed E-state index contributed by atoms with van der Waals surface area (Å²) in [4.78, 5) is 7.11. The maximum atomic E-state index is 14.8. The van der Waals surface area contributed by atoms with Crippen molar-refractivity contribution in [2.75, 3.05) is 18.0 Å². The van der Waals surface area contributed by atoms with Crippen LogP contribution in [0.4, 0.5) is 10.1 Å². The van der Waals surface area contributed by atoms with E-state index < -0.39 is 0 Å². The van der Waals surface area contributed by atoms with Crippen molar-refractivity contribution in [3.05, 3.63) is 82.5 Å². The SMILES string of the molecule is CC.Cc1ccc2cc(N3CCC4(C=C(c5c(-c6c(F)cccc6Cl)noc5C5CC5)C4)CC3)ccc2n1. The molecule has 4 nitrogen and oxygen atoms in total. The second-order valence-electron chi connectivity index (χ2n) is 10.7. The number of hydrogen-bond acceptors (Lipinski definition) is 4. The largest absolute Gasteiger partial charge is 0.371 e. The van der Waals surface area contributed by atoms with E-state index in [9.17, 15) is 4.39 Å². The van der Waals surface area contributed by atoms with Crippen molar-refractivity contribution < 1.29 is 8.91 Å². The molecule has 0 bridgehead atoms. The maximum absolute atomic E-state index is 14.8. The lowest BCUT2D eigenvalue weighted by Crippen LogP contribution is -2.42. The maximum Gasteiger partial charge on any atom is 0.147 e. The van der Waals surface area contributed by atoms with Crippen LogP contribution >= 0.6 is 11.6 Å². The fourth-order valence-electron chi connectivity index (χ4n) is 5.96. The van der Waals surface area contributed by atoms with Gasteiger partial charge in [0.05, 0.1) is 16.1 Å². The zero-order valence-corrected chi connectivity index (χ0v) is 23.0. The molecule has 4 aromatic rings. The number of hydrogen-bond donors (Lipinski definition) is 0. The smallest absolute Gasteiger partial charge is 0.147 e. The molecule has 6 heteroatoms. The minimum atomic E-state index is -0.358. The molecule has 2 aromatic heterocycles. The van der Waals surface area contributed by atoms with Crippen LogP contribution in [0.15, 0.2) is 59.1 Å². The summed E-state index contributed by atoms with van der Waals surface area (Å²) in [6.45, 7) is 8.05. The fourth-order valence-corrected chi connectivity index (χ4v) is 6.21. The van der Waals surface area contributed by atoms with Crippen LogP contribution in [0.25, 0.3) is 27.7 Å². The van der Waals surface area contributed by atoms with Crippen molar-refractivity contribution in [1.29, 1.82) is 0 Å². The Balaban J connectivity index is 0.00000129. The van der Waals surface area contributed by atoms with Gasteiger partial charge >= 0.3 is 0 Å². The molecular formula is C32H33ClFN3O. The monoisotopic (exact) mass is 529 g/mol. The first-order valence-electron chi connectivity index (χ1n) is 13.8. The van der Waals surface area contributed by atoms with E-state index >= 15 is 0 Å². The van der Waals surface area contributed by atoms with Crippen LogP contribution in [0.1, 0.15) is 68.9 Å². The summed E-state index contributed by atoms with van der Waals surface area (Å²) < 4.78 is 20.6. The number of halogens is 2. The molecule has 0 radical (unpaired) electrons. The van der Waals surface area contributed by atoms with E-state index in [1.54, 1.807) is 12.1 Å². The number of fused-ring (bicyclic) bond motifs is 1. The lowest BCUT2D eigenvalue weighted by molar-refractivity contribution is 0.277. The number of allylic oxidation sites excluding steroid dienone is 2. The van der Waals surface area contributed by atoms with Crippen LogP contribution in [-0.4, -0.2) is 23.2 Å². The Morgan fingerprint density at radius 3 is 2.50 bits per heavy atom. The Morgan fingerprint density at radius 1 is 1.03 bits per heavy atom. The number of pyridine rings is 1. The van der Waals surface area contributed by atoms with E-state index in [0.717, 1.165) is 67.7 Å². The summed E-state index contributed by atoms with van der Waals surface area (Å²) >= 11 is 6.42. The van der Waals surface area contributed by atoms with Gasteiger partial charge in [0.2, 0.25) is 0 Å². The van der Waals surface area contributed by atoms with Crippen LogP contribution in [0.5, 0.6) is 0 Å². The van der Waals surface area contributed by atoms with Crippen molar-refractivity contribution in [2.45, 2.75) is 58.8 Å². The van der Waals surface area contributed by atoms with Gasteiger partial charge < -0.3 is 9.42 Å². The molecule has 38 heavy (non-hydrogen) atoms. The molecule has 0 N–H and O–H groups in total. The molecule has 196 valence electrons. The van der Waals surface area contributed by atoms with Gasteiger partial charge in [0, 0.05) is 41.3 Å². The highest BCUT2D eigenvalue weighted by atomic mass is 35.5. The van der Waals surface area contributed by atoms with Gasteiger partial charge in [-0.1, -0.05) is 48.8 Å².